The van der Waals surface area contributed by atoms with Gasteiger partial charge in [-0.3, -0.25) is 14.6 Å². The van der Waals surface area contributed by atoms with Gasteiger partial charge in [-0.25, -0.2) is 4.98 Å². The number of thiophene rings is 1. The molecule has 0 unspecified atom stereocenters. The van der Waals surface area contributed by atoms with Crippen molar-refractivity contribution in [3.05, 3.63) is 57.7 Å². The van der Waals surface area contributed by atoms with E-state index in [2.05, 4.69) is 20.3 Å². The Hall–Kier alpha value is -2.54. The van der Waals surface area contributed by atoms with Crippen LogP contribution < -0.4 is 10.9 Å². The highest BCUT2D eigenvalue weighted by Crippen LogP contribution is 2.20. The molecule has 2 N–H and O–H groups in total. The van der Waals surface area contributed by atoms with Crippen LogP contribution in [0.5, 0.6) is 0 Å². The molecule has 0 saturated heterocycles. The van der Waals surface area contributed by atoms with E-state index < -0.39 is 0 Å². The van der Waals surface area contributed by atoms with Crippen molar-refractivity contribution in [3.8, 4) is 0 Å². The Labute approximate surface area is 117 Å². The van der Waals surface area contributed by atoms with Gasteiger partial charge in [-0.05, 0) is 18.2 Å². The number of carbonyl (C=O) groups excluding carboxylic acids is 1. The number of carbonyl (C=O) groups is 1. The molecule has 0 spiro atoms. The van der Waals surface area contributed by atoms with Gasteiger partial charge in [-0.1, -0.05) is 0 Å². The molecule has 20 heavy (non-hydrogen) atoms. The Balaban J connectivity index is 1.76. The lowest BCUT2D eigenvalue weighted by Gasteiger charge is -2.02. The van der Waals surface area contributed by atoms with Gasteiger partial charge in [0.15, 0.2) is 0 Å². The van der Waals surface area contributed by atoms with Crippen molar-refractivity contribution in [1.82, 2.24) is 20.3 Å². The summed E-state index contributed by atoms with van der Waals surface area (Å²) >= 11 is 1.39. The van der Waals surface area contributed by atoms with Gasteiger partial charge in [0.2, 0.25) is 0 Å². The van der Waals surface area contributed by atoms with Gasteiger partial charge in [0.25, 0.3) is 11.5 Å². The largest absolute Gasteiger partial charge is 0.347 e. The van der Waals surface area contributed by atoms with E-state index in [0.29, 0.717) is 22.3 Å². The molecule has 0 radical (unpaired) electrons. The van der Waals surface area contributed by atoms with Crippen LogP contribution in [0.4, 0.5) is 0 Å². The second-order valence-corrected chi connectivity index (χ2v) is 5.20. The molecule has 0 saturated carbocycles. The number of aromatic nitrogens is 3. The highest BCUT2D eigenvalue weighted by Gasteiger charge is 2.08. The van der Waals surface area contributed by atoms with Crippen molar-refractivity contribution in [2.75, 3.05) is 0 Å². The predicted molar refractivity (Wildman–Crippen MR) is 75.6 cm³/mol. The SMILES string of the molecule is O=C(NCc1cc2c(=O)[nH]cnc2s1)c1cccnc1. The maximum Gasteiger partial charge on any atom is 0.259 e. The molecule has 3 rings (SSSR count). The zero-order valence-electron chi connectivity index (χ0n) is 10.3. The quantitative estimate of drug-likeness (QED) is 0.760. The topological polar surface area (TPSA) is 87.7 Å². The zero-order valence-corrected chi connectivity index (χ0v) is 11.1. The first-order valence-electron chi connectivity index (χ1n) is 5.88. The summed E-state index contributed by atoms with van der Waals surface area (Å²) < 4.78 is 0. The van der Waals surface area contributed by atoms with Gasteiger partial charge in [-0.15, -0.1) is 11.3 Å². The summed E-state index contributed by atoms with van der Waals surface area (Å²) in [6.45, 7) is 0.355. The highest BCUT2D eigenvalue weighted by atomic mass is 32.1. The minimum Gasteiger partial charge on any atom is -0.347 e. The van der Waals surface area contributed by atoms with Crippen LogP contribution in [0.15, 0.2) is 41.7 Å². The van der Waals surface area contributed by atoms with Crippen LogP contribution in [0.25, 0.3) is 10.2 Å². The van der Waals surface area contributed by atoms with Crippen molar-refractivity contribution in [2.24, 2.45) is 0 Å². The summed E-state index contributed by atoms with van der Waals surface area (Å²) in [4.78, 5) is 35.5. The first-order chi connectivity index (χ1) is 9.74. The molecule has 0 atom stereocenters. The van der Waals surface area contributed by atoms with E-state index in [1.54, 1.807) is 24.4 Å². The number of rotatable bonds is 3. The summed E-state index contributed by atoms with van der Waals surface area (Å²) in [5.74, 6) is -0.197. The van der Waals surface area contributed by atoms with Crippen molar-refractivity contribution in [3.63, 3.8) is 0 Å². The molecule has 7 heteroatoms. The molecular weight excluding hydrogens is 276 g/mol. The fraction of sp³-hybridized carbons (Fsp3) is 0.0769. The van der Waals surface area contributed by atoms with Crippen molar-refractivity contribution in [1.29, 1.82) is 0 Å². The van der Waals surface area contributed by atoms with Gasteiger partial charge in [0, 0.05) is 17.3 Å². The number of nitrogens with one attached hydrogen (secondary N) is 2. The Morgan fingerprint density at radius 2 is 2.35 bits per heavy atom. The van der Waals surface area contributed by atoms with Crippen LogP contribution in [0, 0.1) is 0 Å². The lowest BCUT2D eigenvalue weighted by molar-refractivity contribution is 0.0951. The highest BCUT2D eigenvalue weighted by molar-refractivity contribution is 7.18. The molecule has 3 aromatic rings. The Bertz CT molecular complexity index is 810. The minimum atomic E-state index is -0.197. The second kappa shape index (κ2) is 5.22. The number of hydrogen-bond donors (Lipinski definition) is 2. The Kier molecular flexibility index (Phi) is 3.26. The molecule has 0 aliphatic rings. The van der Waals surface area contributed by atoms with Crippen LogP contribution in [0.3, 0.4) is 0 Å². The third kappa shape index (κ3) is 2.43. The molecular formula is C13H10N4O2S. The molecule has 6 nitrogen and oxygen atoms in total. The van der Waals surface area contributed by atoms with Crippen molar-refractivity contribution in [2.45, 2.75) is 6.54 Å². The maximum atomic E-state index is 11.9. The van der Waals surface area contributed by atoms with E-state index in [9.17, 15) is 9.59 Å². The fourth-order valence-corrected chi connectivity index (χ4v) is 2.71. The number of H-pyrrole nitrogens is 1. The Morgan fingerprint density at radius 1 is 1.45 bits per heavy atom. The summed E-state index contributed by atoms with van der Waals surface area (Å²) in [5, 5.41) is 3.33. The predicted octanol–water partition coefficient (Wildman–Crippen LogP) is 1.31. The summed E-state index contributed by atoms with van der Waals surface area (Å²) in [6, 6.07) is 5.15. The molecule has 0 bridgehead atoms. The first-order valence-corrected chi connectivity index (χ1v) is 6.70. The average Bonchev–Trinajstić information content (AvgIpc) is 2.90. The first kappa shape index (κ1) is 12.5. The van der Waals surface area contributed by atoms with Gasteiger partial charge in [-0.2, -0.15) is 0 Å². The molecule has 0 aromatic carbocycles. The molecule has 0 aliphatic heterocycles. The number of nitrogens with zero attached hydrogens (tertiary/aromatic N) is 2. The van der Waals surface area contributed by atoms with E-state index in [1.807, 2.05) is 0 Å². The van der Waals surface area contributed by atoms with Gasteiger partial charge in [0.05, 0.1) is 23.8 Å². The van der Waals surface area contributed by atoms with Crippen molar-refractivity contribution < 1.29 is 4.79 Å². The lowest BCUT2D eigenvalue weighted by atomic mass is 10.2. The summed E-state index contributed by atoms with van der Waals surface area (Å²) in [5.41, 5.74) is 0.334. The van der Waals surface area contributed by atoms with E-state index in [4.69, 9.17) is 0 Å². The van der Waals surface area contributed by atoms with E-state index >= 15 is 0 Å². The van der Waals surface area contributed by atoms with E-state index in [-0.39, 0.29) is 11.5 Å². The van der Waals surface area contributed by atoms with Crippen molar-refractivity contribution >= 4 is 27.5 Å². The number of fused-ring (bicyclic) bond motifs is 1. The Morgan fingerprint density at radius 3 is 3.10 bits per heavy atom. The lowest BCUT2D eigenvalue weighted by Crippen LogP contribution is -2.22. The minimum absolute atomic E-state index is 0.170. The smallest absolute Gasteiger partial charge is 0.259 e. The summed E-state index contributed by atoms with van der Waals surface area (Å²) in [7, 11) is 0. The van der Waals surface area contributed by atoms with Crippen LogP contribution >= 0.6 is 11.3 Å². The molecule has 3 aromatic heterocycles. The number of hydrogen-bond acceptors (Lipinski definition) is 5. The number of aromatic amines is 1. The van der Waals surface area contributed by atoms with Crippen LogP contribution in [-0.4, -0.2) is 20.9 Å². The van der Waals surface area contributed by atoms with Gasteiger partial charge in [0.1, 0.15) is 4.83 Å². The molecule has 3 heterocycles. The average molecular weight is 286 g/mol. The van der Waals surface area contributed by atoms with Gasteiger partial charge < -0.3 is 10.3 Å². The van der Waals surface area contributed by atoms with Crippen LogP contribution in [-0.2, 0) is 6.54 Å². The number of pyridine rings is 1. The molecule has 1 amide bonds. The van der Waals surface area contributed by atoms with Crippen LogP contribution in [0.2, 0.25) is 0 Å². The second-order valence-electron chi connectivity index (χ2n) is 4.09. The fourth-order valence-electron chi connectivity index (χ4n) is 1.77. The summed E-state index contributed by atoms with van der Waals surface area (Å²) in [6.07, 6.45) is 4.49. The molecule has 0 fully saturated rings. The monoisotopic (exact) mass is 286 g/mol. The molecule has 0 aliphatic carbocycles. The maximum absolute atomic E-state index is 11.9. The number of amides is 1. The third-order valence-corrected chi connectivity index (χ3v) is 3.78. The van der Waals surface area contributed by atoms with E-state index in [1.165, 1.54) is 23.9 Å². The van der Waals surface area contributed by atoms with E-state index in [0.717, 1.165) is 4.88 Å². The molecule has 100 valence electrons. The third-order valence-electron chi connectivity index (χ3n) is 2.73. The normalized spacial score (nSPS) is 10.6. The standard InChI is InChI=1S/C13H10N4O2S/c18-11(8-2-1-3-14-5-8)15-6-9-4-10-12(19)16-7-17-13(10)20-9/h1-5,7H,6H2,(H,15,18)(H,16,17,19). The van der Waals surface area contributed by atoms with Crippen LogP contribution in [0.1, 0.15) is 15.2 Å². The zero-order chi connectivity index (χ0) is 13.9. The van der Waals surface area contributed by atoms with Gasteiger partial charge >= 0.3 is 0 Å².